The highest BCUT2D eigenvalue weighted by atomic mass is 35.5. The van der Waals surface area contributed by atoms with Crippen LogP contribution in [0.25, 0.3) is 0 Å². The number of carbonyl (C=O) groups is 1. The first kappa shape index (κ1) is 21.8. The van der Waals surface area contributed by atoms with Crippen LogP contribution >= 0.6 is 11.6 Å². The Morgan fingerprint density at radius 3 is 2.73 bits per heavy atom. The lowest BCUT2D eigenvalue weighted by Gasteiger charge is -2.29. The Balaban J connectivity index is 1.11. The van der Waals surface area contributed by atoms with Gasteiger partial charge in [0.2, 0.25) is 5.88 Å². The molecule has 3 atom stereocenters. The highest BCUT2D eigenvalue weighted by molar-refractivity contribution is 6.30. The van der Waals surface area contributed by atoms with Crippen LogP contribution in [0.15, 0.2) is 84.1 Å². The van der Waals surface area contributed by atoms with E-state index < -0.39 is 0 Å². The summed E-state index contributed by atoms with van der Waals surface area (Å²) in [6.45, 7) is 1.51. The minimum Gasteiger partial charge on any atom is -0.470 e. The van der Waals surface area contributed by atoms with E-state index in [-0.39, 0.29) is 18.2 Å². The molecule has 2 amide bonds. The fourth-order valence-corrected chi connectivity index (χ4v) is 4.60. The van der Waals surface area contributed by atoms with Crippen LogP contribution < -0.4 is 10.1 Å². The van der Waals surface area contributed by atoms with Gasteiger partial charge in [0.25, 0.3) is 0 Å². The topological polar surface area (TPSA) is 54.5 Å². The lowest BCUT2D eigenvalue weighted by atomic mass is 9.97. The van der Waals surface area contributed by atoms with Crippen LogP contribution in [-0.4, -0.2) is 41.2 Å². The molecule has 5 rings (SSSR count). The van der Waals surface area contributed by atoms with Crippen molar-refractivity contribution < 1.29 is 9.53 Å². The van der Waals surface area contributed by atoms with Gasteiger partial charge in [-0.3, -0.25) is 0 Å². The van der Waals surface area contributed by atoms with Crippen molar-refractivity contribution in [2.45, 2.75) is 43.7 Å². The number of nitrogens with one attached hydrogen (secondary N) is 1. The molecule has 1 aliphatic heterocycles. The van der Waals surface area contributed by atoms with Gasteiger partial charge >= 0.3 is 6.03 Å². The zero-order valence-corrected chi connectivity index (χ0v) is 19.2. The van der Waals surface area contributed by atoms with Crippen molar-refractivity contribution in [3.05, 3.63) is 94.7 Å². The third kappa shape index (κ3) is 5.66. The number of hydrogen-bond donors (Lipinski definition) is 1. The number of benzene rings is 1. The highest BCUT2D eigenvalue weighted by Gasteiger charge is 2.40. The zero-order valence-electron chi connectivity index (χ0n) is 18.5. The Bertz CT molecular complexity index is 1070. The van der Waals surface area contributed by atoms with Crippen LogP contribution in [-0.2, 0) is 0 Å². The first-order valence-corrected chi connectivity index (χ1v) is 12.0. The molecule has 2 heterocycles. The zero-order chi connectivity index (χ0) is 22.6. The molecule has 3 unspecified atom stereocenters. The van der Waals surface area contributed by atoms with E-state index in [1.165, 1.54) is 11.1 Å². The number of hydrogen-bond acceptors (Lipinski definition) is 3. The van der Waals surface area contributed by atoms with E-state index in [4.69, 9.17) is 16.3 Å². The van der Waals surface area contributed by atoms with Gasteiger partial charge in [0, 0.05) is 43.7 Å². The molecule has 0 radical (unpaired) electrons. The first-order chi connectivity index (χ1) is 16.1. The Hall–Kier alpha value is -3.05. The molecule has 2 fully saturated rings. The first-order valence-electron chi connectivity index (χ1n) is 11.6. The third-order valence-electron chi connectivity index (χ3n) is 6.42. The van der Waals surface area contributed by atoms with Crippen LogP contribution in [0.1, 0.15) is 37.2 Å². The monoisotopic (exact) mass is 461 g/mol. The van der Waals surface area contributed by atoms with Gasteiger partial charge in [-0.15, -0.1) is 0 Å². The van der Waals surface area contributed by atoms with Crippen molar-refractivity contribution in [3.8, 4) is 5.88 Å². The summed E-state index contributed by atoms with van der Waals surface area (Å²) in [5.74, 6) is 1.03. The summed E-state index contributed by atoms with van der Waals surface area (Å²) < 4.78 is 5.97. The quantitative estimate of drug-likeness (QED) is 0.625. The molecule has 170 valence electrons. The van der Waals surface area contributed by atoms with Crippen LogP contribution in [0.3, 0.4) is 0 Å². The minimum absolute atomic E-state index is 0.0440. The van der Waals surface area contributed by atoms with E-state index in [2.05, 4.69) is 58.9 Å². The Morgan fingerprint density at radius 2 is 1.97 bits per heavy atom. The summed E-state index contributed by atoms with van der Waals surface area (Å²) in [6, 6.07) is 14.3. The van der Waals surface area contributed by atoms with Gasteiger partial charge < -0.3 is 15.0 Å². The number of allylic oxidation sites excluding steroid dienone is 3. The number of amides is 2. The Kier molecular flexibility index (Phi) is 6.49. The van der Waals surface area contributed by atoms with E-state index in [1.54, 1.807) is 18.3 Å². The van der Waals surface area contributed by atoms with Gasteiger partial charge in [0.05, 0.1) is 5.02 Å². The summed E-state index contributed by atoms with van der Waals surface area (Å²) in [6.07, 6.45) is 13.8. The normalized spacial score (nSPS) is 24.2. The highest BCUT2D eigenvalue weighted by Crippen LogP contribution is 2.40. The van der Waals surface area contributed by atoms with Gasteiger partial charge in [-0.25, -0.2) is 9.78 Å². The predicted molar refractivity (Wildman–Crippen MR) is 131 cm³/mol. The molecular formula is C27H28ClN3O2. The molecule has 33 heavy (non-hydrogen) atoms. The largest absolute Gasteiger partial charge is 0.470 e. The summed E-state index contributed by atoms with van der Waals surface area (Å²) in [5.41, 5.74) is 3.83. The molecule has 1 saturated heterocycles. The molecule has 2 aromatic rings. The summed E-state index contributed by atoms with van der Waals surface area (Å²) in [5, 5.41) is 3.81. The molecule has 2 aliphatic carbocycles. The second kappa shape index (κ2) is 9.84. The van der Waals surface area contributed by atoms with Gasteiger partial charge in [0.15, 0.2) is 0 Å². The van der Waals surface area contributed by atoms with E-state index in [1.807, 2.05) is 11.0 Å². The SMILES string of the molecule is O=C(NC1CC1c1ccccc1)N1CCC(=CC2=CC(Oc3ccc(Cl)cn3)CC=C2)CC1. The van der Waals surface area contributed by atoms with Crippen molar-refractivity contribution in [2.24, 2.45) is 0 Å². The second-order valence-corrected chi connectivity index (χ2v) is 9.31. The van der Waals surface area contributed by atoms with Crippen molar-refractivity contribution in [3.63, 3.8) is 0 Å². The third-order valence-corrected chi connectivity index (χ3v) is 6.64. The van der Waals surface area contributed by atoms with Crippen molar-refractivity contribution in [1.29, 1.82) is 0 Å². The number of rotatable bonds is 5. The average molecular weight is 462 g/mol. The molecule has 1 saturated carbocycles. The van der Waals surface area contributed by atoms with Crippen LogP contribution in [0, 0.1) is 0 Å². The number of ether oxygens (including phenoxy) is 1. The maximum atomic E-state index is 12.7. The fourth-order valence-electron chi connectivity index (χ4n) is 4.49. The Labute approximate surface area is 199 Å². The maximum absolute atomic E-state index is 12.7. The summed E-state index contributed by atoms with van der Waals surface area (Å²) in [4.78, 5) is 18.9. The maximum Gasteiger partial charge on any atom is 0.317 e. The summed E-state index contributed by atoms with van der Waals surface area (Å²) in [7, 11) is 0. The van der Waals surface area contributed by atoms with Gasteiger partial charge in [-0.05, 0) is 42.5 Å². The van der Waals surface area contributed by atoms with E-state index >= 15 is 0 Å². The minimum atomic E-state index is -0.0440. The molecule has 6 heteroatoms. The number of aromatic nitrogens is 1. The van der Waals surface area contributed by atoms with Gasteiger partial charge in [-0.2, -0.15) is 0 Å². The Morgan fingerprint density at radius 1 is 1.15 bits per heavy atom. The predicted octanol–water partition coefficient (Wildman–Crippen LogP) is 5.66. The van der Waals surface area contributed by atoms with Crippen molar-refractivity contribution in [1.82, 2.24) is 15.2 Å². The average Bonchev–Trinajstić information content (AvgIpc) is 3.61. The van der Waals surface area contributed by atoms with E-state index in [9.17, 15) is 4.79 Å². The number of pyridine rings is 1. The number of halogens is 1. The lowest BCUT2D eigenvalue weighted by Crippen LogP contribution is -2.44. The molecule has 3 aliphatic rings. The van der Waals surface area contributed by atoms with Gasteiger partial charge in [0.1, 0.15) is 6.10 Å². The van der Waals surface area contributed by atoms with E-state index in [0.29, 0.717) is 16.8 Å². The van der Waals surface area contributed by atoms with E-state index in [0.717, 1.165) is 44.3 Å². The number of likely N-dealkylation sites (tertiary alicyclic amines) is 1. The number of urea groups is 1. The molecule has 1 aromatic carbocycles. The fraction of sp³-hybridized carbons (Fsp3) is 0.333. The van der Waals surface area contributed by atoms with Crippen molar-refractivity contribution >= 4 is 17.6 Å². The van der Waals surface area contributed by atoms with Crippen LogP contribution in [0.2, 0.25) is 5.02 Å². The molecular weight excluding hydrogens is 434 g/mol. The van der Waals surface area contributed by atoms with Gasteiger partial charge in [-0.1, -0.05) is 65.7 Å². The lowest BCUT2D eigenvalue weighted by molar-refractivity contribution is 0.193. The standard InChI is InChI=1S/C27H28ClN3O2/c28-22-9-10-26(29-18-22)33-23-8-4-5-20(16-23)15-19-11-13-31(14-12-19)27(32)30-25-17-24(25)21-6-2-1-3-7-21/h1-7,9-10,15-16,18,23-25H,8,11-14,17H2,(H,30,32). The molecule has 1 N–H and O–H groups in total. The molecule has 0 bridgehead atoms. The summed E-state index contributed by atoms with van der Waals surface area (Å²) >= 11 is 5.90. The molecule has 1 aromatic heterocycles. The van der Waals surface area contributed by atoms with Crippen LogP contribution in [0.4, 0.5) is 4.79 Å². The molecule has 0 spiro atoms. The molecule has 5 nitrogen and oxygen atoms in total. The van der Waals surface area contributed by atoms with Crippen molar-refractivity contribution in [2.75, 3.05) is 13.1 Å². The number of carbonyl (C=O) groups excluding carboxylic acids is 1. The number of nitrogens with zero attached hydrogens (tertiary/aromatic N) is 2. The smallest absolute Gasteiger partial charge is 0.317 e. The second-order valence-electron chi connectivity index (χ2n) is 8.87. The number of piperidine rings is 1. The van der Waals surface area contributed by atoms with Crippen LogP contribution in [0.5, 0.6) is 5.88 Å².